The maximum atomic E-state index is 10.4. The Morgan fingerprint density at radius 1 is 1.12 bits per heavy atom. The number of anilines is 1. The zero-order valence-electron chi connectivity index (χ0n) is 13.3. The molecule has 0 aliphatic rings. The van der Waals surface area contributed by atoms with E-state index in [9.17, 15) is 30.3 Å². The Labute approximate surface area is 145 Å². The first kappa shape index (κ1) is 20.0. The third-order valence-corrected chi connectivity index (χ3v) is 2.77. The van der Waals surface area contributed by atoms with Crippen LogP contribution in [0.3, 0.4) is 0 Å². The van der Waals surface area contributed by atoms with Gasteiger partial charge in [-0.3, -0.25) is 35.3 Å². The number of benzene rings is 1. The molecule has 0 spiro atoms. The normalized spacial score (nSPS) is 9.58. The molecule has 0 amide bonds. The van der Waals surface area contributed by atoms with Gasteiger partial charge in [-0.25, -0.2) is 0 Å². The number of phenolic OH excluding ortho intramolecular Hbond substituents is 1. The molecule has 2 aromatic rings. The third kappa shape index (κ3) is 4.98. The molecular weight excluding hydrogens is 354 g/mol. The van der Waals surface area contributed by atoms with E-state index in [1.807, 2.05) is 6.92 Å². The largest absolute Gasteiger partial charge is 0.497 e. The number of nitro groups is 3. The number of aromatic nitrogens is 1. The quantitative estimate of drug-likeness (QED) is 0.583. The number of ether oxygens (including phenoxy) is 1. The summed E-state index contributed by atoms with van der Waals surface area (Å²) in [6.45, 7) is 2.55. The maximum absolute atomic E-state index is 10.4. The molecule has 13 heteroatoms. The second-order valence-corrected chi connectivity index (χ2v) is 4.45. The van der Waals surface area contributed by atoms with Crippen LogP contribution in [0.15, 0.2) is 30.6 Å². The molecule has 0 saturated carbocycles. The van der Waals surface area contributed by atoms with Crippen molar-refractivity contribution in [3.05, 3.63) is 60.9 Å². The van der Waals surface area contributed by atoms with Gasteiger partial charge in [0.25, 0.3) is 11.4 Å². The fraction of sp³-hybridized carbons (Fsp3) is 0.154. The number of hydrogen-bond donors (Lipinski definition) is 2. The molecule has 0 aliphatic heterocycles. The van der Waals surface area contributed by atoms with E-state index in [0.717, 1.165) is 0 Å². The van der Waals surface area contributed by atoms with Gasteiger partial charge in [0, 0.05) is 12.3 Å². The molecule has 0 bridgehead atoms. The van der Waals surface area contributed by atoms with Gasteiger partial charge < -0.3 is 15.6 Å². The Morgan fingerprint density at radius 3 is 2.04 bits per heavy atom. The number of phenols is 1. The van der Waals surface area contributed by atoms with Crippen molar-refractivity contribution in [2.45, 2.75) is 6.92 Å². The lowest BCUT2D eigenvalue weighted by Gasteiger charge is -2.03. The number of hydrogen-bond acceptors (Lipinski definition) is 10. The van der Waals surface area contributed by atoms with Gasteiger partial charge in [-0.15, -0.1) is 0 Å². The van der Waals surface area contributed by atoms with Gasteiger partial charge in [0.05, 0.1) is 45.4 Å². The zero-order chi connectivity index (χ0) is 19.9. The molecule has 1 heterocycles. The molecular formula is C13H13N5O8. The van der Waals surface area contributed by atoms with Crippen molar-refractivity contribution in [3.63, 3.8) is 0 Å². The number of nitro benzene ring substituents is 3. The maximum Gasteiger partial charge on any atom is 0.324 e. The number of nitrogens with two attached hydrogens (primary N) is 1. The minimum atomic E-state index is -1.21. The van der Waals surface area contributed by atoms with E-state index in [4.69, 9.17) is 15.6 Å². The lowest BCUT2D eigenvalue weighted by molar-refractivity contribution is -0.404. The summed E-state index contributed by atoms with van der Waals surface area (Å²) in [4.78, 5) is 31.6. The molecule has 0 radical (unpaired) electrons. The summed E-state index contributed by atoms with van der Waals surface area (Å²) in [7, 11) is 0. The standard InChI is InChI=1S/C7H10N2O.C6H3N3O7/c1-2-10-7-3-4-9-5-6(7)8;10-6-4(8(13)14)1-3(7(11)12)2-5(6)9(15)16/h3-5H,2,8H2,1H3;1-2,10H. The summed E-state index contributed by atoms with van der Waals surface area (Å²) in [6, 6.07) is 2.64. The second-order valence-electron chi connectivity index (χ2n) is 4.45. The lowest BCUT2D eigenvalue weighted by Crippen LogP contribution is -1.97. The van der Waals surface area contributed by atoms with Crippen LogP contribution in [0.5, 0.6) is 11.5 Å². The van der Waals surface area contributed by atoms with E-state index in [2.05, 4.69) is 4.98 Å². The van der Waals surface area contributed by atoms with Gasteiger partial charge in [0.1, 0.15) is 5.75 Å². The van der Waals surface area contributed by atoms with Crippen LogP contribution >= 0.6 is 0 Å². The number of non-ortho nitro benzene ring substituents is 1. The Kier molecular flexibility index (Phi) is 6.71. The summed E-state index contributed by atoms with van der Waals surface area (Å²) >= 11 is 0. The van der Waals surface area contributed by atoms with E-state index in [0.29, 0.717) is 30.2 Å². The van der Waals surface area contributed by atoms with Crippen LogP contribution < -0.4 is 10.5 Å². The molecule has 1 aromatic carbocycles. The average molecular weight is 367 g/mol. The van der Waals surface area contributed by atoms with Crippen molar-refractivity contribution in [1.29, 1.82) is 0 Å². The third-order valence-electron chi connectivity index (χ3n) is 2.77. The first-order chi connectivity index (χ1) is 12.2. The molecule has 26 heavy (non-hydrogen) atoms. The highest BCUT2D eigenvalue weighted by Crippen LogP contribution is 2.38. The van der Waals surface area contributed by atoms with E-state index in [-0.39, 0.29) is 0 Å². The number of aromatic hydroxyl groups is 1. The van der Waals surface area contributed by atoms with E-state index < -0.39 is 37.6 Å². The Morgan fingerprint density at radius 2 is 1.65 bits per heavy atom. The molecule has 2 rings (SSSR count). The predicted molar refractivity (Wildman–Crippen MR) is 87.9 cm³/mol. The zero-order valence-corrected chi connectivity index (χ0v) is 13.3. The minimum Gasteiger partial charge on any atom is -0.497 e. The molecule has 138 valence electrons. The Hall–Kier alpha value is -4.03. The van der Waals surface area contributed by atoms with Gasteiger partial charge in [-0.1, -0.05) is 0 Å². The van der Waals surface area contributed by atoms with Crippen LogP contribution in [0, 0.1) is 30.3 Å². The van der Waals surface area contributed by atoms with Crippen molar-refractivity contribution >= 4 is 22.7 Å². The van der Waals surface area contributed by atoms with Crippen LogP contribution in [0.4, 0.5) is 22.7 Å². The predicted octanol–water partition coefficient (Wildman–Crippen LogP) is 2.18. The number of pyridine rings is 1. The fourth-order valence-corrected chi connectivity index (χ4v) is 1.65. The van der Waals surface area contributed by atoms with Crippen LogP contribution in [-0.2, 0) is 0 Å². The highest BCUT2D eigenvalue weighted by atomic mass is 16.6. The van der Waals surface area contributed by atoms with E-state index in [1.54, 1.807) is 18.5 Å². The van der Waals surface area contributed by atoms with E-state index in [1.165, 1.54) is 0 Å². The molecule has 0 fully saturated rings. The first-order valence-electron chi connectivity index (χ1n) is 6.81. The highest BCUT2D eigenvalue weighted by molar-refractivity contribution is 5.64. The molecule has 0 aliphatic carbocycles. The smallest absolute Gasteiger partial charge is 0.324 e. The Bertz CT molecular complexity index is 806. The van der Waals surface area contributed by atoms with Crippen molar-refractivity contribution in [2.24, 2.45) is 0 Å². The number of nitrogens with zero attached hydrogens (tertiary/aromatic N) is 4. The molecule has 0 atom stereocenters. The van der Waals surface area contributed by atoms with Crippen molar-refractivity contribution in [2.75, 3.05) is 12.3 Å². The summed E-state index contributed by atoms with van der Waals surface area (Å²) < 4.78 is 5.17. The SMILES string of the molecule is CCOc1ccncc1N.O=[N+]([O-])c1cc([N+](=O)[O-])c(O)c([N+](=O)[O-])c1. The molecule has 0 unspecified atom stereocenters. The van der Waals surface area contributed by atoms with Crippen LogP contribution in [0.1, 0.15) is 6.92 Å². The lowest BCUT2D eigenvalue weighted by atomic mass is 10.2. The van der Waals surface area contributed by atoms with Gasteiger partial charge in [-0.05, 0) is 6.92 Å². The summed E-state index contributed by atoms with van der Waals surface area (Å²) in [5, 5.41) is 40.2. The molecule has 13 nitrogen and oxygen atoms in total. The Balaban J connectivity index is 0.000000289. The van der Waals surface area contributed by atoms with Crippen molar-refractivity contribution in [3.8, 4) is 11.5 Å². The van der Waals surface area contributed by atoms with Crippen LogP contribution in [0.25, 0.3) is 0 Å². The molecule has 1 aromatic heterocycles. The highest BCUT2D eigenvalue weighted by Gasteiger charge is 2.30. The van der Waals surface area contributed by atoms with Crippen molar-refractivity contribution in [1.82, 2.24) is 4.98 Å². The summed E-state index contributed by atoms with van der Waals surface area (Å²) in [5.41, 5.74) is 3.10. The second kappa shape index (κ2) is 8.72. The fourth-order valence-electron chi connectivity index (χ4n) is 1.65. The van der Waals surface area contributed by atoms with Gasteiger partial charge >= 0.3 is 11.4 Å². The number of nitrogen functional groups attached to an aromatic ring is 1. The first-order valence-corrected chi connectivity index (χ1v) is 6.81. The van der Waals surface area contributed by atoms with Crippen LogP contribution in [0.2, 0.25) is 0 Å². The van der Waals surface area contributed by atoms with Crippen molar-refractivity contribution < 1.29 is 24.6 Å². The monoisotopic (exact) mass is 367 g/mol. The van der Waals surface area contributed by atoms with Gasteiger partial charge in [0.2, 0.25) is 0 Å². The summed E-state index contributed by atoms with van der Waals surface area (Å²) in [6.07, 6.45) is 3.23. The molecule has 0 saturated heterocycles. The van der Waals surface area contributed by atoms with E-state index >= 15 is 0 Å². The number of rotatable bonds is 5. The van der Waals surface area contributed by atoms with Gasteiger partial charge in [-0.2, -0.15) is 0 Å². The van der Waals surface area contributed by atoms with Gasteiger partial charge in [0.15, 0.2) is 0 Å². The summed E-state index contributed by atoms with van der Waals surface area (Å²) in [5.74, 6) is -0.502. The van der Waals surface area contributed by atoms with Crippen LogP contribution in [-0.4, -0.2) is 31.5 Å². The topological polar surface area (TPSA) is 198 Å². The molecule has 3 N–H and O–H groups in total. The average Bonchev–Trinajstić information content (AvgIpc) is 2.57. The minimum absolute atomic E-state index is 0.447.